The first-order valence-electron chi connectivity index (χ1n) is 11.1. The largest absolute Gasteiger partial charge is 0.459 e. The minimum absolute atomic E-state index is 0.206. The zero-order valence-electron chi connectivity index (χ0n) is 19.6. The quantitative estimate of drug-likeness (QED) is 0.299. The number of fused-ring (bicyclic) bond motifs is 1. The van der Waals surface area contributed by atoms with E-state index in [0.717, 1.165) is 17.0 Å². The van der Waals surface area contributed by atoms with Crippen LogP contribution in [0.15, 0.2) is 82.6 Å². The number of aryl methyl sites for hydroxylation is 2. The Morgan fingerprint density at radius 1 is 0.917 bits per heavy atom. The molecule has 180 valence electrons. The van der Waals surface area contributed by atoms with Gasteiger partial charge in [-0.15, -0.1) is 5.10 Å². The van der Waals surface area contributed by atoms with E-state index in [0.29, 0.717) is 33.6 Å². The lowest BCUT2D eigenvalue weighted by Gasteiger charge is -2.11. The molecule has 36 heavy (non-hydrogen) atoms. The van der Waals surface area contributed by atoms with Crippen LogP contribution in [0, 0.1) is 13.8 Å². The normalized spacial score (nSPS) is 10.9. The number of nitrogens with zero attached hydrogens (tertiary/aromatic N) is 4. The van der Waals surface area contributed by atoms with Crippen LogP contribution in [0.25, 0.3) is 5.78 Å². The number of hydrogen-bond donors (Lipinski definition) is 2. The van der Waals surface area contributed by atoms with Gasteiger partial charge in [-0.1, -0.05) is 36.0 Å². The van der Waals surface area contributed by atoms with Gasteiger partial charge in [0.15, 0.2) is 5.76 Å². The molecule has 0 radical (unpaired) electrons. The van der Waals surface area contributed by atoms with E-state index in [4.69, 9.17) is 4.42 Å². The molecule has 9 nitrogen and oxygen atoms in total. The molecule has 2 aromatic carbocycles. The Hall–Kier alpha value is -4.44. The van der Waals surface area contributed by atoms with Gasteiger partial charge in [-0.05, 0) is 61.9 Å². The lowest BCUT2D eigenvalue weighted by molar-refractivity contribution is 0.0995. The summed E-state index contributed by atoms with van der Waals surface area (Å²) in [7, 11) is 0. The molecule has 5 aromatic rings. The Bertz CT molecular complexity index is 1560. The van der Waals surface area contributed by atoms with E-state index in [-0.39, 0.29) is 17.6 Å². The minimum atomic E-state index is -0.369. The summed E-state index contributed by atoms with van der Waals surface area (Å²) in [6, 6.07) is 19.5. The van der Waals surface area contributed by atoms with Gasteiger partial charge in [-0.25, -0.2) is 9.50 Å². The van der Waals surface area contributed by atoms with Crippen molar-refractivity contribution in [2.45, 2.75) is 24.8 Å². The second-order valence-electron chi connectivity index (χ2n) is 8.06. The molecule has 0 aliphatic rings. The first-order chi connectivity index (χ1) is 17.5. The van der Waals surface area contributed by atoms with Crippen molar-refractivity contribution in [1.29, 1.82) is 0 Å². The van der Waals surface area contributed by atoms with Crippen molar-refractivity contribution in [2.24, 2.45) is 0 Å². The maximum absolute atomic E-state index is 13.1. The third kappa shape index (κ3) is 5.13. The van der Waals surface area contributed by atoms with Crippen molar-refractivity contribution >= 4 is 40.7 Å². The van der Waals surface area contributed by atoms with Crippen molar-refractivity contribution in [3.8, 4) is 0 Å². The SMILES string of the molecule is Cc1cc(C)n2nc(SCc3ccccc3C(=O)Nc3cccc(NC(=O)c4ccco4)c3)nc2n1. The van der Waals surface area contributed by atoms with Crippen LogP contribution < -0.4 is 10.6 Å². The van der Waals surface area contributed by atoms with Crippen molar-refractivity contribution in [3.63, 3.8) is 0 Å². The Balaban J connectivity index is 1.28. The summed E-state index contributed by atoms with van der Waals surface area (Å²) in [6.07, 6.45) is 1.44. The molecule has 0 spiro atoms. The summed E-state index contributed by atoms with van der Waals surface area (Å²) in [6.45, 7) is 3.88. The molecule has 3 heterocycles. The van der Waals surface area contributed by atoms with Crippen LogP contribution >= 0.6 is 11.8 Å². The fourth-order valence-electron chi connectivity index (χ4n) is 3.69. The second kappa shape index (κ2) is 10.0. The number of carbonyl (C=O) groups excluding carboxylic acids is 2. The number of nitrogens with one attached hydrogen (secondary N) is 2. The van der Waals surface area contributed by atoms with Gasteiger partial charge in [-0.3, -0.25) is 9.59 Å². The maximum Gasteiger partial charge on any atom is 0.291 e. The van der Waals surface area contributed by atoms with E-state index in [1.54, 1.807) is 47.0 Å². The van der Waals surface area contributed by atoms with Gasteiger partial charge in [0, 0.05) is 34.1 Å². The topological polar surface area (TPSA) is 114 Å². The average molecular weight is 499 g/mol. The van der Waals surface area contributed by atoms with Gasteiger partial charge in [0.05, 0.1) is 6.26 Å². The number of hydrogen-bond acceptors (Lipinski definition) is 7. The van der Waals surface area contributed by atoms with E-state index < -0.39 is 0 Å². The number of carbonyl (C=O) groups is 2. The first-order valence-corrected chi connectivity index (χ1v) is 12.1. The molecule has 0 bridgehead atoms. The Morgan fingerprint density at radius 2 is 1.69 bits per heavy atom. The molecule has 0 saturated carbocycles. The highest BCUT2D eigenvalue weighted by Gasteiger charge is 2.15. The molecular weight excluding hydrogens is 476 g/mol. The molecule has 0 aliphatic heterocycles. The predicted molar refractivity (Wildman–Crippen MR) is 137 cm³/mol. The zero-order valence-corrected chi connectivity index (χ0v) is 20.4. The van der Waals surface area contributed by atoms with Gasteiger partial charge < -0.3 is 15.1 Å². The molecule has 10 heteroatoms. The molecule has 0 fully saturated rings. The fourth-order valence-corrected chi connectivity index (χ4v) is 4.51. The number of amides is 2. The number of benzene rings is 2. The van der Waals surface area contributed by atoms with E-state index in [2.05, 4.69) is 25.7 Å². The Labute approximate surface area is 211 Å². The van der Waals surface area contributed by atoms with Gasteiger partial charge in [0.25, 0.3) is 17.6 Å². The van der Waals surface area contributed by atoms with E-state index in [1.807, 2.05) is 38.1 Å². The van der Waals surface area contributed by atoms with Crippen LogP contribution in [0.5, 0.6) is 0 Å². The first kappa shape index (κ1) is 23.3. The summed E-state index contributed by atoms with van der Waals surface area (Å²) in [5.74, 6) is 0.651. The summed E-state index contributed by atoms with van der Waals surface area (Å²) >= 11 is 1.44. The lowest BCUT2D eigenvalue weighted by atomic mass is 10.1. The summed E-state index contributed by atoms with van der Waals surface area (Å²) in [5, 5.41) is 10.8. The van der Waals surface area contributed by atoms with E-state index in [9.17, 15) is 9.59 Å². The molecule has 3 aromatic heterocycles. The molecule has 0 saturated heterocycles. The second-order valence-corrected chi connectivity index (χ2v) is 9.00. The molecule has 0 aliphatic carbocycles. The molecule has 0 unspecified atom stereocenters. The van der Waals surface area contributed by atoms with Crippen LogP contribution in [-0.2, 0) is 5.75 Å². The standard InChI is InChI=1S/C26H22N6O3S/c1-16-13-17(2)32-25(27-16)30-26(31-32)36-15-18-7-3-4-10-21(18)23(33)28-19-8-5-9-20(14-19)29-24(34)22-11-6-12-35-22/h3-14H,15H2,1-2H3,(H,28,33)(H,29,34). The third-order valence-electron chi connectivity index (χ3n) is 5.34. The van der Waals surface area contributed by atoms with Gasteiger partial charge in [0.2, 0.25) is 5.16 Å². The number of thioether (sulfide) groups is 1. The Kier molecular flexibility index (Phi) is 6.50. The monoisotopic (exact) mass is 498 g/mol. The Morgan fingerprint density at radius 3 is 2.47 bits per heavy atom. The molecule has 0 atom stereocenters. The average Bonchev–Trinajstić information content (AvgIpc) is 3.54. The number of anilines is 2. The predicted octanol–water partition coefficient (Wildman–Crippen LogP) is 5.13. The van der Waals surface area contributed by atoms with Gasteiger partial charge in [0.1, 0.15) is 0 Å². The minimum Gasteiger partial charge on any atom is -0.459 e. The van der Waals surface area contributed by atoms with Crippen molar-refractivity contribution < 1.29 is 14.0 Å². The number of furan rings is 1. The zero-order chi connectivity index (χ0) is 25.1. The molecule has 2 N–H and O–H groups in total. The highest BCUT2D eigenvalue weighted by molar-refractivity contribution is 7.98. The number of aromatic nitrogens is 4. The van der Waals surface area contributed by atoms with Crippen molar-refractivity contribution in [2.75, 3.05) is 10.6 Å². The van der Waals surface area contributed by atoms with Crippen LogP contribution in [0.4, 0.5) is 11.4 Å². The van der Waals surface area contributed by atoms with Crippen LogP contribution in [0.2, 0.25) is 0 Å². The van der Waals surface area contributed by atoms with Gasteiger partial charge in [-0.2, -0.15) is 4.98 Å². The maximum atomic E-state index is 13.1. The summed E-state index contributed by atoms with van der Waals surface area (Å²) in [4.78, 5) is 34.3. The highest BCUT2D eigenvalue weighted by Crippen LogP contribution is 2.24. The summed E-state index contributed by atoms with van der Waals surface area (Å²) < 4.78 is 6.83. The van der Waals surface area contributed by atoms with Crippen molar-refractivity contribution in [3.05, 3.63) is 101 Å². The van der Waals surface area contributed by atoms with E-state index >= 15 is 0 Å². The molecular formula is C26H22N6O3S. The molecule has 2 amide bonds. The summed E-state index contributed by atoms with van der Waals surface area (Å²) in [5.41, 5.74) is 4.33. The smallest absolute Gasteiger partial charge is 0.291 e. The van der Waals surface area contributed by atoms with Crippen LogP contribution in [0.3, 0.4) is 0 Å². The van der Waals surface area contributed by atoms with Crippen molar-refractivity contribution in [1.82, 2.24) is 19.6 Å². The lowest BCUT2D eigenvalue weighted by Crippen LogP contribution is -2.15. The fraction of sp³-hybridized carbons (Fsp3) is 0.115. The highest BCUT2D eigenvalue weighted by atomic mass is 32.2. The third-order valence-corrected chi connectivity index (χ3v) is 6.23. The van der Waals surface area contributed by atoms with Crippen LogP contribution in [0.1, 0.15) is 37.9 Å². The molecule has 5 rings (SSSR count). The van der Waals surface area contributed by atoms with Gasteiger partial charge >= 0.3 is 0 Å². The van der Waals surface area contributed by atoms with E-state index in [1.165, 1.54) is 18.0 Å². The number of rotatable bonds is 7. The van der Waals surface area contributed by atoms with Crippen LogP contribution in [-0.4, -0.2) is 31.4 Å².